The van der Waals surface area contributed by atoms with Gasteiger partial charge in [0.25, 0.3) is 0 Å². The summed E-state index contributed by atoms with van der Waals surface area (Å²) < 4.78 is 38.4. The van der Waals surface area contributed by atoms with Crippen LogP contribution in [-0.2, 0) is 6.18 Å². The van der Waals surface area contributed by atoms with Crippen LogP contribution in [0, 0.1) is 6.92 Å². The molecule has 0 radical (unpaired) electrons. The fourth-order valence-electron chi connectivity index (χ4n) is 1.42. The predicted octanol–water partition coefficient (Wildman–Crippen LogP) is 3.39. The minimum absolute atomic E-state index is 0.148. The molecule has 106 valence electrons. The summed E-state index contributed by atoms with van der Waals surface area (Å²) in [6, 6.07) is 3.65. The Morgan fingerprint density at radius 1 is 1.20 bits per heavy atom. The molecule has 0 aliphatic heterocycles. The molecular weight excluding hydrogens is 289 g/mol. The number of hydrogen-bond donors (Lipinski definition) is 1. The SMILES string of the molecule is CNc1cc(C(F)(F)F)cc(Sc2nccc(C)n2)n1. The van der Waals surface area contributed by atoms with Crippen LogP contribution < -0.4 is 5.32 Å². The first kappa shape index (κ1) is 14.6. The van der Waals surface area contributed by atoms with Gasteiger partial charge < -0.3 is 5.32 Å². The number of rotatable bonds is 3. The molecule has 0 spiro atoms. The largest absolute Gasteiger partial charge is 0.416 e. The van der Waals surface area contributed by atoms with E-state index < -0.39 is 11.7 Å². The van der Waals surface area contributed by atoms with Crippen molar-refractivity contribution in [1.82, 2.24) is 15.0 Å². The van der Waals surface area contributed by atoms with Crippen molar-refractivity contribution in [2.24, 2.45) is 0 Å². The molecule has 0 atom stereocenters. The molecule has 8 heteroatoms. The van der Waals surface area contributed by atoms with E-state index in [9.17, 15) is 13.2 Å². The third-order valence-corrected chi connectivity index (χ3v) is 3.15. The highest BCUT2D eigenvalue weighted by molar-refractivity contribution is 7.99. The smallest absolute Gasteiger partial charge is 0.373 e. The van der Waals surface area contributed by atoms with Crippen LogP contribution in [-0.4, -0.2) is 22.0 Å². The average Bonchev–Trinajstić information content (AvgIpc) is 2.37. The topological polar surface area (TPSA) is 50.7 Å². The summed E-state index contributed by atoms with van der Waals surface area (Å²) in [6.07, 6.45) is -2.87. The van der Waals surface area contributed by atoms with Gasteiger partial charge in [-0.2, -0.15) is 13.2 Å². The molecule has 0 aromatic carbocycles. The Kier molecular flexibility index (Phi) is 4.12. The van der Waals surface area contributed by atoms with Gasteiger partial charge in [-0.15, -0.1) is 0 Å². The van der Waals surface area contributed by atoms with Crippen LogP contribution in [0.5, 0.6) is 0 Å². The number of nitrogens with one attached hydrogen (secondary N) is 1. The van der Waals surface area contributed by atoms with Crippen LogP contribution in [0.25, 0.3) is 0 Å². The lowest BCUT2D eigenvalue weighted by atomic mass is 10.2. The summed E-state index contributed by atoms with van der Waals surface area (Å²) in [5, 5.41) is 3.16. The predicted molar refractivity (Wildman–Crippen MR) is 69.7 cm³/mol. The fourth-order valence-corrected chi connectivity index (χ4v) is 2.24. The number of alkyl halides is 3. The molecule has 2 rings (SSSR count). The van der Waals surface area contributed by atoms with Crippen LogP contribution in [0.3, 0.4) is 0 Å². The summed E-state index contributed by atoms with van der Waals surface area (Å²) in [5.74, 6) is 0.148. The van der Waals surface area contributed by atoms with E-state index in [1.54, 1.807) is 19.2 Å². The van der Waals surface area contributed by atoms with Gasteiger partial charge in [-0.3, -0.25) is 0 Å². The van der Waals surface area contributed by atoms with Gasteiger partial charge in [0.05, 0.1) is 5.56 Å². The molecule has 2 aromatic heterocycles. The molecule has 0 fully saturated rings. The van der Waals surface area contributed by atoms with Crippen molar-refractivity contribution in [3.05, 3.63) is 35.7 Å². The summed E-state index contributed by atoms with van der Waals surface area (Å²) in [4.78, 5) is 12.2. The number of nitrogens with zero attached hydrogens (tertiary/aromatic N) is 3. The number of pyridine rings is 1. The lowest BCUT2D eigenvalue weighted by Gasteiger charge is -2.10. The molecule has 20 heavy (non-hydrogen) atoms. The maximum absolute atomic E-state index is 12.8. The standard InChI is InChI=1S/C12H11F3N4S/c1-7-3-4-17-11(18-7)20-10-6-8(12(13,14)15)5-9(16-2)19-10/h3-6H,1-2H3,(H,16,19). The lowest BCUT2D eigenvalue weighted by molar-refractivity contribution is -0.137. The first-order valence-corrected chi connectivity index (χ1v) is 6.44. The molecule has 1 N–H and O–H groups in total. The van der Waals surface area contributed by atoms with E-state index in [-0.39, 0.29) is 10.8 Å². The van der Waals surface area contributed by atoms with Crippen molar-refractivity contribution in [3.8, 4) is 0 Å². The maximum atomic E-state index is 12.8. The minimum atomic E-state index is -4.42. The van der Waals surface area contributed by atoms with Crippen LogP contribution >= 0.6 is 11.8 Å². The van der Waals surface area contributed by atoms with E-state index >= 15 is 0 Å². The lowest BCUT2D eigenvalue weighted by Crippen LogP contribution is -2.07. The Labute approximate surface area is 117 Å². The zero-order chi connectivity index (χ0) is 14.8. The molecule has 0 saturated carbocycles. The number of anilines is 1. The number of halogens is 3. The van der Waals surface area contributed by atoms with Crippen molar-refractivity contribution in [2.45, 2.75) is 23.3 Å². The normalized spacial score (nSPS) is 11.4. The monoisotopic (exact) mass is 300 g/mol. The van der Waals surface area contributed by atoms with Crippen LogP contribution in [0.4, 0.5) is 19.0 Å². The van der Waals surface area contributed by atoms with Crippen LogP contribution in [0.2, 0.25) is 0 Å². The first-order chi connectivity index (χ1) is 9.38. The van der Waals surface area contributed by atoms with E-state index in [0.29, 0.717) is 5.16 Å². The molecule has 0 saturated heterocycles. The molecular formula is C12H11F3N4S. The van der Waals surface area contributed by atoms with Gasteiger partial charge in [-0.25, -0.2) is 15.0 Å². The highest BCUT2D eigenvalue weighted by atomic mass is 32.2. The summed E-state index contributed by atoms with van der Waals surface area (Å²) in [5.41, 5.74) is -0.0182. The minimum Gasteiger partial charge on any atom is -0.373 e. The molecule has 2 aromatic rings. The average molecular weight is 300 g/mol. The number of hydrogen-bond acceptors (Lipinski definition) is 5. The van der Waals surface area contributed by atoms with Gasteiger partial charge in [0.1, 0.15) is 10.8 Å². The Hall–Kier alpha value is -1.83. The van der Waals surface area contributed by atoms with Crippen LogP contribution in [0.15, 0.2) is 34.6 Å². The van der Waals surface area contributed by atoms with Gasteiger partial charge in [0.2, 0.25) is 0 Å². The Balaban J connectivity index is 2.36. The van der Waals surface area contributed by atoms with Crippen molar-refractivity contribution in [1.29, 1.82) is 0 Å². The second-order valence-electron chi connectivity index (χ2n) is 3.91. The van der Waals surface area contributed by atoms with Gasteiger partial charge in [-0.05, 0) is 36.9 Å². The van der Waals surface area contributed by atoms with Crippen molar-refractivity contribution < 1.29 is 13.2 Å². The Morgan fingerprint density at radius 2 is 1.95 bits per heavy atom. The van der Waals surface area contributed by atoms with Crippen molar-refractivity contribution in [2.75, 3.05) is 12.4 Å². The second kappa shape index (κ2) is 5.66. The van der Waals surface area contributed by atoms with E-state index in [1.165, 1.54) is 7.05 Å². The zero-order valence-electron chi connectivity index (χ0n) is 10.7. The van der Waals surface area contributed by atoms with Crippen molar-refractivity contribution in [3.63, 3.8) is 0 Å². The quantitative estimate of drug-likeness (QED) is 0.881. The second-order valence-corrected chi connectivity index (χ2v) is 4.90. The summed E-state index contributed by atoms with van der Waals surface area (Å²) in [7, 11) is 1.51. The molecule has 0 unspecified atom stereocenters. The summed E-state index contributed by atoms with van der Waals surface area (Å²) >= 11 is 0.988. The molecule has 4 nitrogen and oxygen atoms in total. The van der Waals surface area contributed by atoms with Gasteiger partial charge in [0.15, 0.2) is 5.16 Å². The third-order valence-electron chi connectivity index (χ3n) is 2.35. The van der Waals surface area contributed by atoms with E-state index in [2.05, 4.69) is 20.3 Å². The third kappa shape index (κ3) is 3.60. The highest BCUT2D eigenvalue weighted by Crippen LogP contribution is 2.34. The van der Waals surface area contributed by atoms with Gasteiger partial charge >= 0.3 is 6.18 Å². The first-order valence-electron chi connectivity index (χ1n) is 5.63. The highest BCUT2D eigenvalue weighted by Gasteiger charge is 2.31. The molecule has 0 aliphatic carbocycles. The number of aryl methyl sites for hydroxylation is 1. The van der Waals surface area contributed by atoms with E-state index in [1.807, 2.05) is 0 Å². The fraction of sp³-hybridized carbons (Fsp3) is 0.250. The van der Waals surface area contributed by atoms with E-state index in [0.717, 1.165) is 29.6 Å². The molecule has 0 bridgehead atoms. The van der Waals surface area contributed by atoms with Crippen LogP contribution in [0.1, 0.15) is 11.3 Å². The van der Waals surface area contributed by atoms with Gasteiger partial charge in [-0.1, -0.05) is 0 Å². The molecule has 0 aliphatic rings. The molecule has 2 heterocycles. The maximum Gasteiger partial charge on any atom is 0.416 e. The number of aromatic nitrogens is 3. The van der Waals surface area contributed by atoms with E-state index in [4.69, 9.17) is 0 Å². The van der Waals surface area contributed by atoms with Gasteiger partial charge in [0, 0.05) is 18.9 Å². The summed E-state index contributed by atoms with van der Waals surface area (Å²) in [6.45, 7) is 1.78. The van der Waals surface area contributed by atoms with Crippen molar-refractivity contribution >= 4 is 17.6 Å². The Morgan fingerprint density at radius 3 is 2.55 bits per heavy atom. The Bertz CT molecular complexity index is 616. The molecule has 0 amide bonds. The zero-order valence-corrected chi connectivity index (χ0v) is 11.5.